The molecule has 118 valence electrons. The van der Waals surface area contributed by atoms with E-state index in [1.807, 2.05) is 6.92 Å². The third-order valence-corrected chi connectivity index (χ3v) is 4.22. The zero-order valence-corrected chi connectivity index (χ0v) is 13.6. The molecule has 1 aliphatic heterocycles. The van der Waals surface area contributed by atoms with Crippen LogP contribution in [0.4, 0.5) is 0 Å². The lowest BCUT2D eigenvalue weighted by Crippen LogP contribution is -2.32. The Labute approximate surface area is 129 Å². The van der Waals surface area contributed by atoms with E-state index in [1.54, 1.807) is 0 Å². The summed E-state index contributed by atoms with van der Waals surface area (Å²) in [5, 5.41) is 3.50. The van der Waals surface area contributed by atoms with Gasteiger partial charge < -0.3 is 10.1 Å². The average Bonchev–Trinajstić information content (AvgIpc) is 2.79. The normalized spacial score (nSPS) is 18.2. The first kappa shape index (κ1) is 16.3. The second-order valence-electron chi connectivity index (χ2n) is 5.80. The standard InChI is InChI=1S/C18H30N2O/c1-3-5-7-18(20-14-6-12-19-13-15-20)16-8-10-17(11-9-16)21-4-2/h8-11,18-19H,3-7,12-15H2,1-2H3. The molecule has 0 spiro atoms. The Morgan fingerprint density at radius 1 is 1.14 bits per heavy atom. The molecule has 1 aromatic rings. The fourth-order valence-electron chi connectivity index (χ4n) is 3.09. The molecule has 1 heterocycles. The van der Waals surface area contributed by atoms with Crippen LogP contribution < -0.4 is 10.1 Å². The summed E-state index contributed by atoms with van der Waals surface area (Å²) in [7, 11) is 0. The van der Waals surface area contributed by atoms with Crippen LogP contribution in [0.2, 0.25) is 0 Å². The minimum Gasteiger partial charge on any atom is -0.494 e. The zero-order chi connectivity index (χ0) is 14.9. The first-order valence-electron chi connectivity index (χ1n) is 8.52. The second-order valence-corrected chi connectivity index (χ2v) is 5.80. The number of unbranched alkanes of at least 4 members (excludes halogenated alkanes) is 1. The van der Waals surface area contributed by atoms with E-state index < -0.39 is 0 Å². The van der Waals surface area contributed by atoms with Crippen molar-refractivity contribution in [3.05, 3.63) is 29.8 Å². The largest absolute Gasteiger partial charge is 0.494 e. The summed E-state index contributed by atoms with van der Waals surface area (Å²) in [5.41, 5.74) is 1.44. The van der Waals surface area contributed by atoms with Gasteiger partial charge in [-0.1, -0.05) is 31.9 Å². The van der Waals surface area contributed by atoms with Gasteiger partial charge in [0.2, 0.25) is 0 Å². The maximum Gasteiger partial charge on any atom is 0.119 e. The van der Waals surface area contributed by atoms with Crippen LogP contribution in [0.1, 0.15) is 51.1 Å². The van der Waals surface area contributed by atoms with Crippen molar-refractivity contribution < 1.29 is 4.74 Å². The highest BCUT2D eigenvalue weighted by Crippen LogP contribution is 2.28. The Kier molecular flexibility index (Phi) is 7.04. The number of nitrogens with one attached hydrogen (secondary N) is 1. The monoisotopic (exact) mass is 290 g/mol. The quantitative estimate of drug-likeness (QED) is 0.830. The average molecular weight is 290 g/mol. The molecule has 3 nitrogen and oxygen atoms in total. The number of benzene rings is 1. The van der Waals surface area contributed by atoms with Crippen LogP contribution in [0.25, 0.3) is 0 Å². The number of ether oxygens (including phenoxy) is 1. The molecule has 0 amide bonds. The van der Waals surface area contributed by atoms with Gasteiger partial charge in [-0.3, -0.25) is 4.90 Å². The molecule has 1 atom stereocenters. The molecule has 0 aliphatic carbocycles. The van der Waals surface area contributed by atoms with Gasteiger partial charge in [0, 0.05) is 25.7 Å². The number of rotatable bonds is 7. The summed E-state index contributed by atoms with van der Waals surface area (Å²) in [6, 6.07) is 9.30. The fraction of sp³-hybridized carbons (Fsp3) is 0.667. The Bertz CT molecular complexity index is 383. The van der Waals surface area contributed by atoms with E-state index in [-0.39, 0.29) is 0 Å². The molecule has 1 aliphatic rings. The minimum atomic E-state index is 0.556. The predicted octanol–water partition coefficient (Wildman–Crippen LogP) is 3.61. The van der Waals surface area contributed by atoms with Gasteiger partial charge in [-0.05, 0) is 44.0 Å². The number of hydrogen-bond acceptors (Lipinski definition) is 3. The third kappa shape index (κ3) is 5.01. The maximum absolute atomic E-state index is 5.56. The van der Waals surface area contributed by atoms with Crippen LogP contribution in [0.3, 0.4) is 0 Å². The second kappa shape index (κ2) is 9.06. The molecule has 1 N–H and O–H groups in total. The van der Waals surface area contributed by atoms with Gasteiger partial charge in [0.15, 0.2) is 0 Å². The molecule has 1 saturated heterocycles. The molecule has 1 unspecified atom stereocenters. The van der Waals surface area contributed by atoms with Crippen LogP contribution in [0.15, 0.2) is 24.3 Å². The lowest BCUT2D eigenvalue weighted by molar-refractivity contribution is 0.197. The number of hydrogen-bond donors (Lipinski definition) is 1. The van der Waals surface area contributed by atoms with E-state index in [4.69, 9.17) is 4.74 Å². The van der Waals surface area contributed by atoms with Crippen molar-refractivity contribution in [1.29, 1.82) is 0 Å². The molecule has 0 bridgehead atoms. The summed E-state index contributed by atoms with van der Waals surface area (Å²) >= 11 is 0. The van der Waals surface area contributed by atoms with Crippen LogP contribution in [0.5, 0.6) is 5.75 Å². The van der Waals surface area contributed by atoms with E-state index in [9.17, 15) is 0 Å². The van der Waals surface area contributed by atoms with Crippen LogP contribution in [-0.4, -0.2) is 37.7 Å². The smallest absolute Gasteiger partial charge is 0.119 e. The van der Waals surface area contributed by atoms with E-state index >= 15 is 0 Å². The van der Waals surface area contributed by atoms with E-state index in [2.05, 4.69) is 41.4 Å². The molecule has 0 radical (unpaired) electrons. The molecular weight excluding hydrogens is 260 g/mol. The molecule has 3 heteroatoms. The molecule has 1 aromatic carbocycles. The summed E-state index contributed by atoms with van der Waals surface area (Å²) < 4.78 is 5.56. The van der Waals surface area contributed by atoms with Crippen LogP contribution in [0, 0.1) is 0 Å². The molecular formula is C18H30N2O. The molecule has 0 saturated carbocycles. The van der Waals surface area contributed by atoms with Crippen molar-refractivity contribution in [3.63, 3.8) is 0 Å². The highest BCUT2D eigenvalue weighted by Gasteiger charge is 2.20. The molecule has 1 fully saturated rings. The van der Waals surface area contributed by atoms with Crippen molar-refractivity contribution >= 4 is 0 Å². The van der Waals surface area contributed by atoms with Gasteiger partial charge in [0.05, 0.1) is 6.61 Å². The van der Waals surface area contributed by atoms with Crippen molar-refractivity contribution in [2.24, 2.45) is 0 Å². The Morgan fingerprint density at radius 3 is 2.67 bits per heavy atom. The Morgan fingerprint density at radius 2 is 1.95 bits per heavy atom. The van der Waals surface area contributed by atoms with Gasteiger partial charge in [0.25, 0.3) is 0 Å². The van der Waals surface area contributed by atoms with Crippen molar-refractivity contribution in [1.82, 2.24) is 10.2 Å². The lowest BCUT2D eigenvalue weighted by Gasteiger charge is -2.31. The minimum absolute atomic E-state index is 0.556. The predicted molar refractivity (Wildman–Crippen MR) is 88.9 cm³/mol. The summed E-state index contributed by atoms with van der Waals surface area (Å²) in [6.07, 6.45) is 5.06. The van der Waals surface area contributed by atoms with Crippen LogP contribution >= 0.6 is 0 Å². The summed E-state index contributed by atoms with van der Waals surface area (Å²) in [5.74, 6) is 0.980. The van der Waals surface area contributed by atoms with Gasteiger partial charge in [-0.25, -0.2) is 0 Å². The molecule has 21 heavy (non-hydrogen) atoms. The molecule has 2 rings (SSSR count). The first-order valence-corrected chi connectivity index (χ1v) is 8.52. The summed E-state index contributed by atoms with van der Waals surface area (Å²) in [4.78, 5) is 2.66. The SMILES string of the molecule is CCCCC(c1ccc(OCC)cc1)N1CCCNCC1. The van der Waals surface area contributed by atoms with Gasteiger partial charge in [-0.2, -0.15) is 0 Å². The van der Waals surface area contributed by atoms with Crippen molar-refractivity contribution in [2.45, 2.75) is 45.6 Å². The summed E-state index contributed by atoms with van der Waals surface area (Å²) in [6.45, 7) is 9.66. The van der Waals surface area contributed by atoms with Crippen LogP contribution in [-0.2, 0) is 0 Å². The Balaban J connectivity index is 2.09. The fourth-order valence-corrected chi connectivity index (χ4v) is 3.09. The van der Waals surface area contributed by atoms with E-state index in [0.29, 0.717) is 6.04 Å². The highest BCUT2D eigenvalue weighted by molar-refractivity contribution is 5.29. The molecule has 0 aromatic heterocycles. The van der Waals surface area contributed by atoms with Gasteiger partial charge in [-0.15, -0.1) is 0 Å². The van der Waals surface area contributed by atoms with E-state index in [1.165, 1.54) is 37.8 Å². The maximum atomic E-state index is 5.56. The Hall–Kier alpha value is -1.06. The van der Waals surface area contributed by atoms with E-state index in [0.717, 1.165) is 32.0 Å². The van der Waals surface area contributed by atoms with Crippen molar-refractivity contribution in [3.8, 4) is 5.75 Å². The third-order valence-electron chi connectivity index (χ3n) is 4.22. The zero-order valence-electron chi connectivity index (χ0n) is 13.6. The van der Waals surface area contributed by atoms with Crippen molar-refractivity contribution in [2.75, 3.05) is 32.8 Å². The number of nitrogens with zero attached hydrogens (tertiary/aromatic N) is 1. The topological polar surface area (TPSA) is 24.5 Å². The lowest BCUT2D eigenvalue weighted by atomic mass is 9.99. The van der Waals surface area contributed by atoms with Gasteiger partial charge >= 0.3 is 0 Å². The van der Waals surface area contributed by atoms with Gasteiger partial charge in [0.1, 0.15) is 5.75 Å². The first-order chi connectivity index (χ1) is 10.3. The highest BCUT2D eigenvalue weighted by atomic mass is 16.5.